The summed E-state index contributed by atoms with van der Waals surface area (Å²) in [5.41, 5.74) is 0. The summed E-state index contributed by atoms with van der Waals surface area (Å²) in [6, 6.07) is 0.748. The molecule has 0 aromatic heterocycles. The summed E-state index contributed by atoms with van der Waals surface area (Å²) in [5, 5.41) is 4.74. The Balaban J connectivity index is 1.93. The summed E-state index contributed by atoms with van der Waals surface area (Å²) in [5.74, 6) is 3.96. The maximum absolute atomic E-state index is 3.87. The van der Waals surface area contributed by atoms with E-state index in [0.717, 1.165) is 29.0 Å². The Hall–Kier alpha value is 0.270. The van der Waals surface area contributed by atoms with Crippen LogP contribution in [0, 0.1) is 17.8 Å². The summed E-state index contributed by atoms with van der Waals surface area (Å²) < 4.78 is 0. The first kappa shape index (κ1) is 17.6. The van der Waals surface area contributed by atoms with Gasteiger partial charge in [-0.15, -0.1) is 0 Å². The first-order valence-corrected chi connectivity index (χ1v) is 10.3. The molecule has 2 rings (SSSR count). The largest absolute Gasteiger partial charge is 0.314 e. The Morgan fingerprint density at radius 2 is 2.00 bits per heavy atom. The highest BCUT2D eigenvalue weighted by atomic mass is 32.2. The Kier molecular flexibility index (Phi) is 7.37. The second-order valence-corrected chi connectivity index (χ2v) is 8.85. The highest BCUT2D eigenvalue weighted by Crippen LogP contribution is 2.35. The molecule has 2 aliphatic rings. The van der Waals surface area contributed by atoms with E-state index in [1.54, 1.807) is 0 Å². The minimum Gasteiger partial charge on any atom is -0.314 e. The van der Waals surface area contributed by atoms with Crippen LogP contribution in [0.4, 0.5) is 0 Å². The lowest BCUT2D eigenvalue weighted by molar-refractivity contribution is 0.102. The Labute approximate surface area is 136 Å². The van der Waals surface area contributed by atoms with Crippen LogP contribution in [-0.2, 0) is 0 Å². The molecular formula is C18H36N2S. The maximum Gasteiger partial charge on any atom is 0.0172 e. The summed E-state index contributed by atoms with van der Waals surface area (Å²) in [7, 11) is 0. The minimum absolute atomic E-state index is 0.748. The van der Waals surface area contributed by atoms with Crippen LogP contribution in [0.5, 0.6) is 0 Å². The Bertz CT molecular complexity index is 297. The molecule has 1 heterocycles. The zero-order valence-electron chi connectivity index (χ0n) is 14.6. The van der Waals surface area contributed by atoms with Crippen LogP contribution in [0.1, 0.15) is 53.4 Å². The van der Waals surface area contributed by atoms with Crippen molar-refractivity contribution < 1.29 is 0 Å². The molecule has 0 spiro atoms. The molecule has 2 nitrogen and oxygen atoms in total. The van der Waals surface area contributed by atoms with Gasteiger partial charge in [-0.2, -0.15) is 11.8 Å². The van der Waals surface area contributed by atoms with Crippen LogP contribution in [0.3, 0.4) is 0 Å². The molecule has 1 N–H and O–H groups in total. The summed E-state index contributed by atoms with van der Waals surface area (Å²) in [4.78, 5) is 2.77. The smallest absolute Gasteiger partial charge is 0.0172 e. The van der Waals surface area contributed by atoms with Gasteiger partial charge >= 0.3 is 0 Å². The van der Waals surface area contributed by atoms with E-state index >= 15 is 0 Å². The van der Waals surface area contributed by atoms with Crippen LogP contribution >= 0.6 is 11.8 Å². The highest BCUT2D eigenvalue weighted by molar-refractivity contribution is 8.00. The monoisotopic (exact) mass is 312 g/mol. The molecule has 2 fully saturated rings. The molecule has 21 heavy (non-hydrogen) atoms. The van der Waals surface area contributed by atoms with Crippen LogP contribution in [0.2, 0.25) is 0 Å². The van der Waals surface area contributed by atoms with Gasteiger partial charge < -0.3 is 10.2 Å². The quantitative estimate of drug-likeness (QED) is 0.801. The second-order valence-electron chi connectivity index (χ2n) is 7.44. The van der Waals surface area contributed by atoms with E-state index in [1.807, 2.05) is 0 Å². The summed E-state index contributed by atoms with van der Waals surface area (Å²) >= 11 is 2.19. The van der Waals surface area contributed by atoms with Gasteiger partial charge in [-0.3, -0.25) is 0 Å². The topological polar surface area (TPSA) is 15.3 Å². The standard InChI is InChI=1S/C18H36N2S/c1-5-7-19-18-11-14(3)10-15(4)17(18)13-20-8-9-21-16(6-2)12-20/h14-19H,5-13H2,1-4H3. The zero-order valence-corrected chi connectivity index (χ0v) is 15.4. The number of nitrogens with zero attached hydrogens (tertiary/aromatic N) is 1. The number of nitrogens with one attached hydrogen (secondary N) is 1. The van der Waals surface area contributed by atoms with Crippen LogP contribution in [0.15, 0.2) is 0 Å². The SMILES string of the molecule is CCCNC1CC(C)CC(C)C1CN1CCSC(CC)C1. The van der Waals surface area contributed by atoms with Gasteiger partial charge in [-0.05, 0) is 50.0 Å². The van der Waals surface area contributed by atoms with Gasteiger partial charge in [0, 0.05) is 36.7 Å². The van der Waals surface area contributed by atoms with Gasteiger partial charge in [0.1, 0.15) is 0 Å². The number of rotatable bonds is 6. The van der Waals surface area contributed by atoms with Gasteiger partial charge in [0.2, 0.25) is 0 Å². The summed E-state index contributed by atoms with van der Waals surface area (Å²) in [6.45, 7) is 14.7. The number of thioether (sulfide) groups is 1. The molecule has 0 bridgehead atoms. The van der Waals surface area contributed by atoms with Crippen molar-refractivity contribution in [2.24, 2.45) is 17.8 Å². The van der Waals surface area contributed by atoms with E-state index in [2.05, 4.69) is 49.7 Å². The predicted octanol–water partition coefficient (Wildman–Crippen LogP) is 3.86. The average Bonchev–Trinajstić information content (AvgIpc) is 2.48. The molecule has 0 aromatic carbocycles. The van der Waals surface area contributed by atoms with E-state index in [1.165, 1.54) is 57.6 Å². The van der Waals surface area contributed by atoms with Gasteiger partial charge in [-0.25, -0.2) is 0 Å². The molecular weight excluding hydrogens is 276 g/mol. The normalized spacial score (nSPS) is 38.6. The fraction of sp³-hybridized carbons (Fsp3) is 1.00. The third-order valence-electron chi connectivity index (χ3n) is 5.48. The van der Waals surface area contributed by atoms with E-state index in [0.29, 0.717) is 0 Å². The molecule has 1 saturated heterocycles. The Morgan fingerprint density at radius 3 is 2.71 bits per heavy atom. The van der Waals surface area contributed by atoms with Gasteiger partial charge in [0.05, 0.1) is 0 Å². The fourth-order valence-corrected chi connectivity index (χ4v) is 5.52. The van der Waals surface area contributed by atoms with Crippen molar-refractivity contribution in [2.45, 2.75) is 64.7 Å². The van der Waals surface area contributed by atoms with Gasteiger partial charge in [0.15, 0.2) is 0 Å². The minimum atomic E-state index is 0.748. The molecule has 1 saturated carbocycles. The van der Waals surface area contributed by atoms with Crippen molar-refractivity contribution >= 4 is 11.8 Å². The van der Waals surface area contributed by atoms with Crippen molar-refractivity contribution in [1.82, 2.24) is 10.2 Å². The van der Waals surface area contributed by atoms with Crippen LogP contribution < -0.4 is 5.32 Å². The fourth-order valence-electron chi connectivity index (χ4n) is 4.27. The van der Waals surface area contributed by atoms with Crippen molar-refractivity contribution in [3.63, 3.8) is 0 Å². The molecule has 0 aromatic rings. The van der Waals surface area contributed by atoms with Crippen LogP contribution in [0.25, 0.3) is 0 Å². The van der Waals surface area contributed by atoms with Crippen molar-refractivity contribution in [2.75, 3.05) is 31.9 Å². The lowest BCUT2D eigenvalue weighted by Gasteiger charge is -2.44. The van der Waals surface area contributed by atoms with E-state index < -0.39 is 0 Å². The third kappa shape index (κ3) is 5.14. The molecule has 1 aliphatic carbocycles. The Morgan fingerprint density at radius 1 is 1.19 bits per heavy atom. The van der Waals surface area contributed by atoms with Crippen molar-refractivity contribution in [3.05, 3.63) is 0 Å². The molecule has 3 heteroatoms. The second kappa shape index (κ2) is 8.79. The first-order valence-electron chi connectivity index (χ1n) is 9.21. The maximum atomic E-state index is 3.87. The van der Waals surface area contributed by atoms with Gasteiger partial charge in [0.25, 0.3) is 0 Å². The van der Waals surface area contributed by atoms with E-state index in [4.69, 9.17) is 0 Å². The van der Waals surface area contributed by atoms with Crippen LogP contribution in [-0.4, -0.2) is 48.1 Å². The summed E-state index contributed by atoms with van der Waals surface area (Å²) in [6.07, 6.45) is 5.39. The molecule has 0 amide bonds. The van der Waals surface area contributed by atoms with E-state index in [-0.39, 0.29) is 0 Å². The lowest BCUT2D eigenvalue weighted by atomic mass is 9.72. The highest BCUT2D eigenvalue weighted by Gasteiger charge is 2.35. The molecule has 1 aliphatic heterocycles. The van der Waals surface area contributed by atoms with Gasteiger partial charge in [-0.1, -0.05) is 27.7 Å². The molecule has 0 radical (unpaired) electrons. The molecule has 124 valence electrons. The number of hydrogen-bond acceptors (Lipinski definition) is 3. The lowest BCUT2D eigenvalue weighted by Crippen LogP contribution is -2.51. The predicted molar refractivity (Wildman–Crippen MR) is 96.1 cm³/mol. The first-order chi connectivity index (χ1) is 10.1. The zero-order chi connectivity index (χ0) is 15.2. The molecule has 5 unspecified atom stereocenters. The number of hydrogen-bond donors (Lipinski definition) is 1. The molecule has 5 atom stereocenters. The van der Waals surface area contributed by atoms with Crippen molar-refractivity contribution in [1.29, 1.82) is 0 Å². The third-order valence-corrected chi connectivity index (χ3v) is 6.85. The van der Waals surface area contributed by atoms with E-state index in [9.17, 15) is 0 Å². The van der Waals surface area contributed by atoms with Crippen molar-refractivity contribution in [3.8, 4) is 0 Å². The average molecular weight is 313 g/mol.